The molecular weight excluding hydrogens is 222 g/mol. The highest BCUT2D eigenvalue weighted by atomic mass is 16.7. The number of ether oxygens (including phenoxy) is 2. The molecule has 1 aliphatic heterocycles. The van der Waals surface area contributed by atoms with Crippen LogP contribution in [0, 0.1) is 0 Å². The van der Waals surface area contributed by atoms with Crippen molar-refractivity contribution in [3.63, 3.8) is 0 Å². The van der Waals surface area contributed by atoms with Gasteiger partial charge in [-0.1, -0.05) is 30.3 Å². The Balaban J connectivity index is 2.19. The van der Waals surface area contributed by atoms with Crippen LogP contribution in [0.4, 0.5) is 0 Å². The quantitative estimate of drug-likeness (QED) is 0.782. The van der Waals surface area contributed by atoms with Gasteiger partial charge < -0.3 is 9.47 Å². The zero-order valence-electron chi connectivity index (χ0n) is 9.64. The van der Waals surface area contributed by atoms with E-state index < -0.39 is 11.7 Å². The lowest BCUT2D eigenvalue weighted by Gasteiger charge is -2.34. The minimum absolute atomic E-state index is 0.356. The molecule has 1 atom stereocenters. The minimum atomic E-state index is -1.24. The summed E-state index contributed by atoms with van der Waals surface area (Å²) in [6.07, 6.45) is 0.362. The zero-order chi connectivity index (χ0) is 12.1. The minimum Gasteiger partial charge on any atom is -0.466 e. The molecule has 5 heteroatoms. The Morgan fingerprint density at radius 1 is 1.41 bits per heavy atom. The Labute approximate surface area is 99.6 Å². The lowest BCUT2D eigenvalue weighted by atomic mass is 10.0. The third-order valence-electron chi connectivity index (χ3n) is 2.58. The van der Waals surface area contributed by atoms with Gasteiger partial charge in [0.05, 0.1) is 20.3 Å². The van der Waals surface area contributed by atoms with Gasteiger partial charge in [0.2, 0.25) is 5.72 Å². The van der Waals surface area contributed by atoms with Crippen molar-refractivity contribution in [2.75, 3.05) is 20.3 Å². The number of methoxy groups -OCH3 is 1. The molecule has 0 spiro atoms. The van der Waals surface area contributed by atoms with Gasteiger partial charge in [-0.05, 0) is 5.56 Å². The molecule has 1 N–H and O–H groups in total. The summed E-state index contributed by atoms with van der Waals surface area (Å²) in [5, 5.41) is 0. The fourth-order valence-electron chi connectivity index (χ4n) is 1.76. The Morgan fingerprint density at radius 3 is 2.76 bits per heavy atom. The number of hydroxylamine groups is 1. The Hall–Kier alpha value is -1.43. The molecule has 0 unspecified atom stereocenters. The molecule has 1 aliphatic rings. The summed E-state index contributed by atoms with van der Waals surface area (Å²) >= 11 is 0. The molecule has 17 heavy (non-hydrogen) atoms. The SMILES string of the molecule is COC(=O)[C@]1(Cc2ccccc2)NOCCO1. The predicted octanol–water partition coefficient (Wildman–Crippen LogP) is 0.650. The fourth-order valence-corrected chi connectivity index (χ4v) is 1.76. The van der Waals surface area contributed by atoms with Crippen LogP contribution in [0.15, 0.2) is 30.3 Å². The molecule has 2 rings (SSSR count). The first-order chi connectivity index (χ1) is 8.27. The van der Waals surface area contributed by atoms with E-state index in [1.165, 1.54) is 7.11 Å². The zero-order valence-corrected chi connectivity index (χ0v) is 9.64. The summed E-state index contributed by atoms with van der Waals surface area (Å²) in [7, 11) is 1.33. The molecule has 1 aromatic rings. The van der Waals surface area contributed by atoms with E-state index in [0.29, 0.717) is 19.6 Å². The number of rotatable bonds is 3. The standard InChI is InChI=1S/C12H15NO4/c1-15-11(14)12(13-17-8-7-16-12)9-10-5-3-2-4-6-10/h2-6,13H,7-9H2,1H3/t12-/m1/s1. The van der Waals surface area contributed by atoms with E-state index in [2.05, 4.69) is 5.48 Å². The molecule has 1 saturated heterocycles. The lowest BCUT2D eigenvalue weighted by molar-refractivity contribution is -0.233. The summed E-state index contributed by atoms with van der Waals surface area (Å²) in [6.45, 7) is 0.766. The Bertz CT molecular complexity index is 373. The summed E-state index contributed by atoms with van der Waals surface area (Å²) in [6, 6.07) is 9.57. The second-order valence-electron chi connectivity index (χ2n) is 3.78. The van der Waals surface area contributed by atoms with Crippen LogP contribution in [0.2, 0.25) is 0 Å². The molecule has 0 bridgehead atoms. The van der Waals surface area contributed by atoms with Gasteiger partial charge in [0.25, 0.3) is 0 Å². The Kier molecular flexibility index (Phi) is 3.73. The van der Waals surface area contributed by atoms with Crippen molar-refractivity contribution >= 4 is 5.97 Å². The van der Waals surface area contributed by atoms with Crippen LogP contribution in [0.3, 0.4) is 0 Å². The molecule has 0 saturated carbocycles. The van der Waals surface area contributed by atoms with Crippen molar-refractivity contribution in [1.82, 2.24) is 5.48 Å². The summed E-state index contributed by atoms with van der Waals surface area (Å²) in [5.41, 5.74) is 2.36. The third-order valence-corrected chi connectivity index (χ3v) is 2.58. The van der Waals surface area contributed by atoms with Crippen molar-refractivity contribution < 1.29 is 19.1 Å². The molecule has 92 valence electrons. The molecule has 0 aliphatic carbocycles. The van der Waals surface area contributed by atoms with Gasteiger partial charge in [-0.15, -0.1) is 0 Å². The third kappa shape index (κ3) is 2.63. The van der Waals surface area contributed by atoms with Gasteiger partial charge in [0.1, 0.15) is 0 Å². The molecule has 1 aromatic carbocycles. The number of hydrogen-bond acceptors (Lipinski definition) is 5. The van der Waals surface area contributed by atoms with Gasteiger partial charge in [-0.2, -0.15) is 5.48 Å². The van der Waals surface area contributed by atoms with Gasteiger partial charge in [-0.3, -0.25) is 4.84 Å². The molecule has 1 heterocycles. The van der Waals surface area contributed by atoms with Crippen LogP contribution < -0.4 is 5.48 Å². The number of carbonyl (C=O) groups is 1. The van der Waals surface area contributed by atoms with Crippen LogP contribution in [0.5, 0.6) is 0 Å². The molecule has 0 amide bonds. The molecular formula is C12H15NO4. The smallest absolute Gasteiger partial charge is 0.356 e. The maximum atomic E-state index is 11.8. The van der Waals surface area contributed by atoms with E-state index in [4.69, 9.17) is 14.3 Å². The molecule has 0 radical (unpaired) electrons. The lowest BCUT2D eigenvalue weighted by Crippen LogP contribution is -2.59. The van der Waals surface area contributed by atoms with Crippen molar-refractivity contribution in [3.8, 4) is 0 Å². The fraction of sp³-hybridized carbons (Fsp3) is 0.417. The molecule has 1 fully saturated rings. The predicted molar refractivity (Wildman–Crippen MR) is 59.9 cm³/mol. The van der Waals surface area contributed by atoms with Crippen molar-refractivity contribution in [2.24, 2.45) is 0 Å². The largest absolute Gasteiger partial charge is 0.466 e. The number of nitrogens with one attached hydrogen (secondary N) is 1. The van der Waals surface area contributed by atoms with E-state index in [0.717, 1.165) is 5.56 Å². The van der Waals surface area contributed by atoms with E-state index in [-0.39, 0.29) is 0 Å². The average Bonchev–Trinajstić information content (AvgIpc) is 2.40. The van der Waals surface area contributed by atoms with Gasteiger partial charge >= 0.3 is 5.97 Å². The van der Waals surface area contributed by atoms with Gasteiger partial charge in [-0.25, -0.2) is 4.79 Å². The second-order valence-corrected chi connectivity index (χ2v) is 3.78. The normalized spacial score (nSPS) is 24.3. The summed E-state index contributed by atoms with van der Waals surface area (Å²) < 4.78 is 10.3. The highest BCUT2D eigenvalue weighted by molar-refractivity contribution is 5.79. The van der Waals surface area contributed by atoms with Crippen LogP contribution in [0.25, 0.3) is 0 Å². The van der Waals surface area contributed by atoms with Crippen molar-refractivity contribution in [2.45, 2.75) is 12.1 Å². The average molecular weight is 237 g/mol. The Morgan fingerprint density at radius 2 is 2.18 bits per heavy atom. The van der Waals surface area contributed by atoms with Gasteiger partial charge in [0, 0.05) is 6.42 Å². The van der Waals surface area contributed by atoms with E-state index in [1.807, 2.05) is 30.3 Å². The first kappa shape index (κ1) is 12.0. The summed E-state index contributed by atoms with van der Waals surface area (Å²) in [4.78, 5) is 16.9. The maximum Gasteiger partial charge on any atom is 0.356 e. The highest BCUT2D eigenvalue weighted by Gasteiger charge is 2.43. The second kappa shape index (κ2) is 5.27. The van der Waals surface area contributed by atoms with Crippen molar-refractivity contribution in [1.29, 1.82) is 0 Å². The maximum absolute atomic E-state index is 11.8. The van der Waals surface area contributed by atoms with Gasteiger partial charge in [0.15, 0.2) is 0 Å². The van der Waals surface area contributed by atoms with E-state index >= 15 is 0 Å². The van der Waals surface area contributed by atoms with E-state index in [9.17, 15) is 4.79 Å². The van der Waals surface area contributed by atoms with Crippen LogP contribution in [0.1, 0.15) is 5.56 Å². The van der Waals surface area contributed by atoms with Crippen molar-refractivity contribution in [3.05, 3.63) is 35.9 Å². The van der Waals surface area contributed by atoms with Crippen LogP contribution >= 0.6 is 0 Å². The summed E-state index contributed by atoms with van der Waals surface area (Å²) in [5.74, 6) is -0.485. The topological polar surface area (TPSA) is 56.8 Å². The number of benzene rings is 1. The van der Waals surface area contributed by atoms with Crippen LogP contribution in [-0.4, -0.2) is 32.0 Å². The van der Waals surface area contributed by atoms with Crippen LogP contribution in [-0.2, 0) is 25.5 Å². The molecule has 0 aromatic heterocycles. The highest BCUT2D eigenvalue weighted by Crippen LogP contribution is 2.19. The monoisotopic (exact) mass is 237 g/mol. The first-order valence-electron chi connectivity index (χ1n) is 5.42. The first-order valence-corrected chi connectivity index (χ1v) is 5.42. The number of esters is 1. The molecule has 5 nitrogen and oxygen atoms in total. The van der Waals surface area contributed by atoms with E-state index in [1.54, 1.807) is 0 Å². The number of carbonyl (C=O) groups excluding carboxylic acids is 1. The number of hydrogen-bond donors (Lipinski definition) is 1.